The Kier molecular flexibility index (Phi) is 2.18. The van der Waals surface area contributed by atoms with E-state index in [9.17, 15) is 0 Å². The van der Waals surface area contributed by atoms with Crippen LogP contribution in [0.1, 0.15) is 40.0 Å². The summed E-state index contributed by atoms with van der Waals surface area (Å²) in [6.07, 6.45) is 8.64. The van der Waals surface area contributed by atoms with Gasteiger partial charge >= 0.3 is 0 Å². The van der Waals surface area contributed by atoms with Crippen LogP contribution in [-0.2, 0) is 0 Å². The van der Waals surface area contributed by atoms with Gasteiger partial charge in [-0.15, -0.1) is 0 Å². The van der Waals surface area contributed by atoms with Crippen LogP contribution >= 0.6 is 0 Å². The molecule has 1 rings (SSSR count). The zero-order valence-electron chi connectivity index (χ0n) is 7.35. The molecule has 0 bridgehead atoms. The van der Waals surface area contributed by atoms with Crippen LogP contribution in [-0.4, -0.2) is 0 Å². The molecule has 10 heavy (non-hydrogen) atoms. The average molecular weight is 138 g/mol. The Morgan fingerprint density at radius 3 is 2.60 bits per heavy atom. The molecule has 0 heterocycles. The van der Waals surface area contributed by atoms with E-state index in [1.165, 1.54) is 19.3 Å². The predicted octanol–water partition coefficient (Wildman–Crippen LogP) is 3.39. The molecule has 0 aliphatic heterocycles. The van der Waals surface area contributed by atoms with Gasteiger partial charge in [0.1, 0.15) is 0 Å². The summed E-state index contributed by atoms with van der Waals surface area (Å²) < 4.78 is 0. The third-order valence-electron chi connectivity index (χ3n) is 2.83. The van der Waals surface area contributed by atoms with Gasteiger partial charge in [-0.25, -0.2) is 0 Å². The number of hydrogen-bond donors (Lipinski definition) is 0. The van der Waals surface area contributed by atoms with Crippen LogP contribution in [0.2, 0.25) is 0 Å². The van der Waals surface area contributed by atoms with Gasteiger partial charge in [0.15, 0.2) is 0 Å². The second kappa shape index (κ2) is 2.77. The largest absolute Gasteiger partial charge is 0.0885 e. The molecule has 0 heteroatoms. The normalized spacial score (nSPS) is 38.9. The van der Waals surface area contributed by atoms with Gasteiger partial charge in [0.2, 0.25) is 0 Å². The highest BCUT2D eigenvalue weighted by Crippen LogP contribution is 2.55. The number of hydrogen-bond acceptors (Lipinski definition) is 0. The fourth-order valence-electron chi connectivity index (χ4n) is 1.45. The molecule has 0 radical (unpaired) electrons. The van der Waals surface area contributed by atoms with E-state index in [1.54, 1.807) is 0 Å². The van der Waals surface area contributed by atoms with E-state index in [2.05, 4.69) is 32.9 Å². The van der Waals surface area contributed by atoms with Crippen LogP contribution in [0, 0.1) is 11.3 Å². The van der Waals surface area contributed by atoms with Gasteiger partial charge in [0.05, 0.1) is 0 Å². The molecule has 1 saturated carbocycles. The Morgan fingerprint density at radius 2 is 2.20 bits per heavy atom. The molecular formula is C10H18. The molecule has 0 spiro atoms. The zero-order valence-corrected chi connectivity index (χ0v) is 7.35. The summed E-state index contributed by atoms with van der Waals surface area (Å²) in [5.41, 5.74) is 0.672. The molecule has 0 nitrogen and oxygen atoms in total. The quantitative estimate of drug-likeness (QED) is 0.524. The van der Waals surface area contributed by atoms with Crippen molar-refractivity contribution in [3.63, 3.8) is 0 Å². The average Bonchev–Trinajstić information content (AvgIpc) is 2.59. The molecule has 1 fully saturated rings. The molecule has 2 unspecified atom stereocenters. The lowest BCUT2D eigenvalue weighted by Gasteiger charge is -2.02. The second-order valence-electron chi connectivity index (χ2n) is 3.65. The lowest BCUT2D eigenvalue weighted by atomic mass is 10.0. The van der Waals surface area contributed by atoms with Gasteiger partial charge < -0.3 is 0 Å². The van der Waals surface area contributed by atoms with Crippen LogP contribution in [0.15, 0.2) is 12.2 Å². The highest BCUT2D eigenvalue weighted by molar-refractivity contribution is 5.08. The summed E-state index contributed by atoms with van der Waals surface area (Å²) >= 11 is 0. The lowest BCUT2D eigenvalue weighted by molar-refractivity contribution is 0.518. The summed E-state index contributed by atoms with van der Waals surface area (Å²) in [5, 5.41) is 0. The van der Waals surface area contributed by atoms with Crippen LogP contribution in [0.25, 0.3) is 0 Å². The van der Waals surface area contributed by atoms with Crippen molar-refractivity contribution < 1.29 is 0 Å². The third kappa shape index (κ3) is 1.42. The molecule has 1 aliphatic rings. The SMILES string of the molecule is CCC=CC1CC1(C)CC. The summed E-state index contributed by atoms with van der Waals surface area (Å²) in [5.74, 6) is 0.900. The van der Waals surface area contributed by atoms with E-state index in [4.69, 9.17) is 0 Å². The number of rotatable bonds is 3. The van der Waals surface area contributed by atoms with Crippen LogP contribution in [0.4, 0.5) is 0 Å². The molecule has 0 amide bonds. The lowest BCUT2D eigenvalue weighted by Crippen LogP contribution is -1.92. The minimum atomic E-state index is 0.672. The fourth-order valence-corrected chi connectivity index (χ4v) is 1.45. The topological polar surface area (TPSA) is 0 Å². The van der Waals surface area contributed by atoms with Crippen LogP contribution < -0.4 is 0 Å². The van der Waals surface area contributed by atoms with Crippen molar-refractivity contribution in [2.24, 2.45) is 11.3 Å². The van der Waals surface area contributed by atoms with Crippen molar-refractivity contribution in [2.45, 2.75) is 40.0 Å². The predicted molar refractivity (Wildman–Crippen MR) is 45.9 cm³/mol. The van der Waals surface area contributed by atoms with E-state index in [1.807, 2.05) is 0 Å². The van der Waals surface area contributed by atoms with Crippen molar-refractivity contribution in [2.75, 3.05) is 0 Å². The molecule has 0 saturated heterocycles. The molecule has 2 atom stereocenters. The first-order valence-corrected chi connectivity index (χ1v) is 4.39. The summed E-state index contributed by atoms with van der Waals surface area (Å²) in [6, 6.07) is 0. The van der Waals surface area contributed by atoms with Gasteiger partial charge in [-0.05, 0) is 24.2 Å². The van der Waals surface area contributed by atoms with Crippen molar-refractivity contribution >= 4 is 0 Å². The van der Waals surface area contributed by atoms with E-state index in [0.29, 0.717) is 5.41 Å². The standard InChI is InChI=1S/C10H18/c1-4-6-7-9-8-10(9,3)5-2/h6-7,9H,4-5,8H2,1-3H3. The second-order valence-corrected chi connectivity index (χ2v) is 3.65. The Hall–Kier alpha value is -0.260. The monoisotopic (exact) mass is 138 g/mol. The highest BCUT2D eigenvalue weighted by Gasteiger charge is 2.45. The maximum Gasteiger partial charge on any atom is -0.0174 e. The number of allylic oxidation sites excluding steroid dienone is 2. The third-order valence-corrected chi connectivity index (χ3v) is 2.83. The van der Waals surface area contributed by atoms with E-state index in [-0.39, 0.29) is 0 Å². The smallest absolute Gasteiger partial charge is 0.0174 e. The van der Waals surface area contributed by atoms with Crippen molar-refractivity contribution in [3.8, 4) is 0 Å². The zero-order chi connectivity index (χ0) is 7.61. The molecular weight excluding hydrogens is 120 g/mol. The molecule has 0 N–H and O–H groups in total. The van der Waals surface area contributed by atoms with Gasteiger partial charge in [-0.3, -0.25) is 0 Å². The summed E-state index contributed by atoms with van der Waals surface area (Å²) in [6.45, 7) is 6.87. The van der Waals surface area contributed by atoms with Gasteiger partial charge in [-0.1, -0.05) is 39.3 Å². The van der Waals surface area contributed by atoms with Gasteiger partial charge in [-0.2, -0.15) is 0 Å². The summed E-state index contributed by atoms with van der Waals surface area (Å²) in [7, 11) is 0. The van der Waals surface area contributed by atoms with Crippen molar-refractivity contribution in [3.05, 3.63) is 12.2 Å². The Morgan fingerprint density at radius 1 is 1.50 bits per heavy atom. The van der Waals surface area contributed by atoms with E-state index in [0.717, 1.165) is 5.92 Å². The minimum Gasteiger partial charge on any atom is -0.0885 e. The molecule has 0 aromatic heterocycles. The summed E-state index contributed by atoms with van der Waals surface area (Å²) in [4.78, 5) is 0. The van der Waals surface area contributed by atoms with Crippen LogP contribution in [0.5, 0.6) is 0 Å². The first kappa shape index (κ1) is 7.84. The minimum absolute atomic E-state index is 0.672. The fraction of sp³-hybridized carbons (Fsp3) is 0.800. The maximum absolute atomic E-state index is 2.39. The van der Waals surface area contributed by atoms with E-state index < -0.39 is 0 Å². The highest BCUT2D eigenvalue weighted by atomic mass is 14.5. The first-order valence-electron chi connectivity index (χ1n) is 4.39. The molecule has 0 aromatic rings. The van der Waals surface area contributed by atoms with Gasteiger partial charge in [0.25, 0.3) is 0 Å². The Bertz CT molecular complexity index is 135. The molecule has 58 valence electrons. The van der Waals surface area contributed by atoms with Crippen molar-refractivity contribution in [1.82, 2.24) is 0 Å². The van der Waals surface area contributed by atoms with Gasteiger partial charge in [0, 0.05) is 0 Å². The Labute approximate surface area is 64.3 Å². The molecule has 1 aliphatic carbocycles. The Balaban J connectivity index is 2.30. The molecule has 0 aromatic carbocycles. The maximum atomic E-state index is 2.39. The first-order chi connectivity index (χ1) is 4.73. The van der Waals surface area contributed by atoms with Crippen molar-refractivity contribution in [1.29, 1.82) is 0 Å². The van der Waals surface area contributed by atoms with E-state index >= 15 is 0 Å². The van der Waals surface area contributed by atoms with Crippen LogP contribution in [0.3, 0.4) is 0 Å².